The first-order valence-corrected chi connectivity index (χ1v) is 7.33. The van der Waals surface area contributed by atoms with Crippen LogP contribution in [0.5, 0.6) is 0 Å². The third kappa shape index (κ3) is 2.14. The molecule has 0 saturated carbocycles. The van der Waals surface area contributed by atoms with Gasteiger partial charge in [0.2, 0.25) is 0 Å². The van der Waals surface area contributed by atoms with Gasteiger partial charge in [-0.25, -0.2) is 9.78 Å². The van der Waals surface area contributed by atoms with Crippen molar-refractivity contribution in [2.45, 2.75) is 12.0 Å². The fourth-order valence-corrected chi connectivity index (χ4v) is 3.58. The predicted molar refractivity (Wildman–Crippen MR) is 75.9 cm³/mol. The molecule has 1 aliphatic heterocycles. The number of rotatable bonds is 3. The SMILES string of the molecule is O=C(NC1(C(=O)O)CCSC1)c1ccc2nc[nH]c2c1. The molecule has 0 spiro atoms. The van der Waals surface area contributed by atoms with Gasteiger partial charge in [-0.1, -0.05) is 0 Å². The van der Waals surface area contributed by atoms with Crippen LogP contribution in [0.1, 0.15) is 16.8 Å². The molecule has 0 aliphatic carbocycles. The lowest BCUT2D eigenvalue weighted by molar-refractivity contribution is -0.143. The maximum atomic E-state index is 12.3. The van der Waals surface area contributed by atoms with Crippen molar-refractivity contribution in [3.8, 4) is 0 Å². The van der Waals surface area contributed by atoms with E-state index >= 15 is 0 Å². The van der Waals surface area contributed by atoms with E-state index in [0.29, 0.717) is 17.7 Å². The van der Waals surface area contributed by atoms with Crippen LogP contribution in [0.3, 0.4) is 0 Å². The molecule has 2 aromatic rings. The lowest BCUT2D eigenvalue weighted by Gasteiger charge is -2.24. The molecule has 1 saturated heterocycles. The smallest absolute Gasteiger partial charge is 0.330 e. The standard InChI is InChI=1S/C13H13N3O3S/c17-11(16-13(12(18)19)3-4-20-6-13)8-1-2-9-10(5-8)15-7-14-9/h1-2,5,7H,3-4,6H2,(H,14,15)(H,16,17)(H,18,19). The number of aliphatic carboxylic acids is 1. The summed E-state index contributed by atoms with van der Waals surface area (Å²) in [5.41, 5.74) is 0.804. The molecule has 3 rings (SSSR count). The van der Waals surface area contributed by atoms with E-state index in [2.05, 4.69) is 15.3 Å². The van der Waals surface area contributed by atoms with Crippen molar-refractivity contribution in [2.75, 3.05) is 11.5 Å². The summed E-state index contributed by atoms with van der Waals surface area (Å²) < 4.78 is 0. The summed E-state index contributed by atoms with van der Waals surface area (Å²) >= 11 is 1.54. The Morgan fingerprint density at radius 2 is 2.30 bits per heavy atom. The molecule has 104 valence electrons. The molecule has 1 aromatic heterocycles. The number of fused-ring (bicyclic) bond motifs is 1. The van der Waals surface area contributed by atoms with Crippen molar-refractivity contribution in [1.82, 2.24) is 15.3 Å². The summed E-state index contributed by atoms with van der Waals surface area (Å²) in [4.78, 5) is 30.7. The first kappa shape index (κ1) is 13.0. The normalized spacial score (nSPS) is 22.0. The Kier molecular flexibility index (Phi) is 3.13. The van der Waals surface area contributed by atoms with Crippen LogP contribution in [0.2, 0.25) is 0 Å². The van der Waals surface area contributed by atoms with Gasteiger partial charge >= 0.3 is 5.97 Å². The average molecular weight is 291 g/mol. The number of H-pyrrole nitrogens is 1. The topological polar surface area (TPSA) is 95.1 Å². The minimum Gasteiger partial charge on any atom is -0.479 e. The Morgan fingerprint density at radius 1 is 1.45 bits per heavy atom. The van der Waals surface area contributed by atoms with Crippen LogP contribution in [0.25, 0.3) is 11.0 Å². The van der Waals surface area contributed by atoms with Gasteiger partial charge in [0.25, 0.3) is 5.91 Å². The largest absolute Gasteiger partial charge is 0.479 e. The van der Waals surface area contributed by atoms with Gasteiger partial charge in [-0.2, -0.15) is 11.8 Å². The van der Waals surface area contributed by atoms with E-state index in [1.54, 1.807) is 24.5 Å². The number of thioether (sulfide) groups is 1. The van der Waals surface area contributed by atoms with E-state index in [1.807, 2.05) is 0 Å². The van der Waals surface area contributed by atoms with Crippen molar-refractivity contribution in [3.63, 3.8) is 0 Å². The van der Waals surface area contributed by atoms with Crippen molar-refractivity contribution in [3.05, 3.63) is 30.1 Å². The van der Waals surface area contributed by atoms with Crippen LogP contribution in [-0.4, -0.2) is 44.0 Å². The lowest BCUT2D eigenvalue weighted by Crippen LogP contribution is -2.54. The van der Waals surface area contributed by atoms with Crippen molar-refractivity contribution < 1.29 is 14.7 Å². The first-order chi connectivity index (χ1) is 9.61. The van der Waals surface area contributed by atoms with Crippen molar-refractivity contribution in [1.29, 1.82) is 0 Å². The zero-order valence-electron chi connectivity index (χ0n) is 10.5. The molecule has 1 fully saturated rings. The average Bonchev–Trinajstić information content (AvgIpc) is 3.06. The minimum atomic E-state index is -1.15. The minimum absolute atomic E-state index is 0.369. The molecular formula is C13H13N3O3S. The highest BCUT2D eigenvalue weighted by atomic mass is 32.2. The Labute approximate surface area is 119 Å². The molecule has 1 atom stereocenters. The lowest BCUT2D eigenvalue weighted by atomic mass is 9.98. The van der Waals surface area contributed by atoms with Crippen LogP contribution in [0.15, 0.2) is 24.5 Å². The zero-order chi connectivity index (χ0) is 14.2. The van der Waals surface area contributed by atoms with Gasteiger partial charge < -0.3 is 15.4 Å². The van der Waals surface area contributed by atoms with Gasteiger partial charge in [0.15, 0.2) is 0 Å². The van der Waals surface area contributed by atoms with E-state index in [1.165, 1.54) is 11.8 Å². The summed E-state index contributed by atoms with van der Waals surface area (Å²) in [7, 11) is 0. The molecule has 0 radical (unpaired) electrons. The molecule has 3 N–H and O–H groups in total. The van der Waals surface area contributed by atoms with Crippen LogP contribution in [0, 0.1) is 0 Å². The quantitative estimate of drug-likeness (QED) is 0.791. The second-order valence-electron chi connectivity index (χ2n) is 4.78. The van der Waals surface area contributed by atoms with Crippen LogP contribution in [0.4, 0.5) is 0 Å². The Balaban J connectivity index is 1.86. The maximum absolute atomic E-state index is 12.3. The molecule has 7 heteroatoms. The summed E-state index contributed by atoms with van der Waals surface area (Å²) in [6.07, 6.45) is 2.00. The van der Waals surface area contributed by atoms with Crippen LogP contribution >= 0.6 is 11.8 Å². The number of carboxylic acid groups (broad SMARTS) is 1. The van der Waals surface area contributed by atoms with E-state index < -0.39 is 11.5 Å². The number of carbonyl (C=O) groups is 2. The third-order valence-electron chi connectivity index (χ3n) is 3.47. The van der Waals surface area contributed by atoms with Crippen LogP contribution < -0.4 is 5.32 Å². The number of carboxylic acids is 1. The fourth-order valence-electron chi connectivity index (χ4n) is 2.25. The second kappa shape index (κ2) is 4.82. The summed E-state index contributed by atoms with van der Waals surface area (Å²) in [6.45, 7) is 0. The van der Waals surface area contributed by atoms with Gasteiger partial charge in [0.05, 0.1) is 17.4 Å². The fraction of sp³-hybridized carbons (Fsp3) is 0.308. The summed E-state index contributed by atoms with van der Waals surface area (Å²) in [5.74, 6) is -0.197. The number of nitrogens with zero attached hydrogens (tertiary/aromatic N) is 1. The number of aromatic nitrogens is 2. The Morgan fingerprint density at radius 3 is 3.00 bits per heavy atom. The summed E-state index contributed by atoms with van der Waals surface area (Å²) in [6, 6.07) is 5.06. The third-order valence-corrected chi connectivity index (χ3v) is 4.66. The van der Waals surface area contributed by atoms with Gasteiger partial charge in [-0.05, 0) is 30.4 Å². The number of amides is 1. The maximum Gasteiger partial charge on any atom is 0.330 e. The molecule has 2 heterocycles. The van der Waals surface area contributed by atoms with E-state index in [0.717, 1.165) is 16.8 Å². The molecular weight excluding hydrogens is 278 g/mol. The molecule has 1 unspecified atom stereocenters. The van der Waals surface area contributed by atoms with Gasteiger partial charge in [-0.3, -0.25) is 4.79 Å². The van der Waals surface area contributed by atoms with Gasteiger partial charge in [-0.15, -0.1) is 0 Å². The number of hydrogen-bond acceptors (Lipinski definition) is 4. The van der Waals surface area contributed by atoms with E-state index in [9.17, 15) is 14.7 Å². The Bertz CT molecular complexity index is 676. The van der Waals surface area contributed by atoms with Crippen molar-refractivity contribution >= 4 is 34.7 Å². The van der Waals surface area contributed by atoms with Gasteiger partial charge in [0.1, 0.15) is 5.54 Å². The number of imidazole rings is 1. The molecule has 0 bridgehead atoms. The molecule has 20 heavy (non-hydrogen) atoms. The monoisotopic (exact) mass is 291 g/mol. The predicted octanol–water partition coefficient (Wildman–Crippen LogP) is 1.25. The second-order valence-corrected chi connectivity index (χ2v) is 5.88. The van der Waals surface area contributed by atoms with Crippen LogP contribution in [-0.2, 0) is 4.79 Å². The highest BCUT2D eigenvalue weighted by Gasteiger charge is 2.43. The Hall–Kier alpha value is -2.02. The number of hydrogen-bond donors (Lipinski definition) is 3. The van der Waals surface area contributed by atoms with Gasteiger partial charge in [0, 0.05) is 11.3 Å². The highest BCUT2D eigenvalue weighted by molar-refractivity contribution is 7.99. The molecule has 1 amide bonds. The van der Waals surface area contributed by atoms with Crippen molar-refractivity contribution in [2.24, 2.45) is 0 Å². The molecule has 1 aromatic carbocycles. The van der Waals surface area contributed by atoms with E-state index in [4.69, 9.17) is 0 Å². The number of benzene rings is 1. The zero-order valence-corrected chi connectivity index (χ0v) is 11.4. The highest BCUT2D eigenvalue weighted by Crippen LogP contribution is 2.28. The molecule has 1 aliphatic rings. The summed E-state index contributed by atoms with van der Waals surface area (Å²) in [5, 5.41) is 12.0. The number of nitrogens with one attached hydrogen (secondary N) is 2. The molecule has 6 nitrogen and oxygen atoms in total. The number of carbonyl (C=O) groups excluding carboxylic acids is 1. The first-order valence-electron chi connectivity index (χ1n) is 6.17. The van der Waals surface area contributed by atoms with E-state index in [-0.39, 0.29) is 5.91 Å². The number of aromatic amines is 1.